The zero-order valence-electron chi connectivity index (χ0n) is 16.5. The predicted octanol–water partition coefficient (Wildman–Crippen LogP) is 3.49. The van der Waals surface area contributed by atoms with Crippen LogP contribution < -0.4 is 16.1 Å². The maximum absolute atomic E-state index is 14.3. The van der Waals surface area contributed by atoms with Crippen molar-refractivity contribution in [1.29, 1.82) is 0 Å². The third kappa shape index (κ3) is 6.54. The van der Waals surface area contributed by atoms with E-state index in [1.54, 1.807) is 33.8 Å². The smallest absolute Gasteiger partial charge is 0.407 e. The zero-order chi connectivity index (χ0) is 20.8. The molecule has 2 radical (unpaired) electrons. The molecule has 0 aliphatic rings. The minimum absolute atomic E-state index is 0.0276. The Morgan fingerprint density at radius 3 is 2.52 bits per heavy atom. The second kappa shape index (κ2) is 9.74. The molecule has 9 heteroatoms. The van der Waals surface area contributed by atoms with E-state index in [9.17, 15) is 9.18 Å². The zero-order valence-corrected chi connectivity index (χ0v) is 17.3. The Bertz CT molecular complexity index is 812. The topological polar surface area (TPSA) is 76.1 Å². The van der Waals surface area contributed by atoms with Gasteiger partial charge in [-0.05, 0) is 45.4 Å². The van der Waals surface area contributed by atoms with Crippen LogP contribution in [-0.2, 0) is 4.74 Å². The number of amides is 1. The van der Waals surface area contributed by atoms with Gasteiger partial charge >= 0.3 is 6.09 Å². The first-order chi connectivity index (χ1) is 12.6. The van der Waals surface area contributed by atoms with Crippen LogP contribution in [0.4, 0.5) is 15.0 Å². The molecule has 0 bridgehead atoms. The van der Waals surface area contributed by atoms with Gasteiger partial charge < -0.3 is 15.4 Å². The van der Waals surface area contributed by atoms with Crippen molar-refractivity contribution in [1.82, 2.24) is 15.3 Å². The molecule has 2 N–H and O–H groups in total. The average molecular weight is 395 g/mol. The van der Waals surface area contributed by atoms with Crippen molar-refractivity contribution < 1.29 is 13.9 Å². The number of ether oxygens (including phenoxy) is 1. The molecule has 0 spiro atoms. The number of aromatic nitrogens is 2. The van der Waals surface area contributed by atoms with Crippen molar-refractivity contribution >= 4 is 47.7 Å². The Morgan fingerprint density at radius 1 is 1.30 bits per heavy atom. The van der Waals surface area contributed by atoms with Crippen LogP contribution in [0.3, 0.4) is 0 Å². The van der Waals surface area contributed by atoms with Crippen LogP contribution in [0.5, 0.6) is 0 Å². The number of halogens is 2. The fraction of sp³-hybridized carbons (Fsp3) is 0.500. The molecule has 6 nitrogen and oxygen atoms in total. The van der Waals surface area contributed by atoms with E-state index in [-0.39, 0.29) is 22.8 Å². The summed E-state index contributed by atoms with van der Waals surface area (Å²) in [6.45, 7) is 11.7. The van der Waals surface area contributed by atoms with E-state index in [1.807, 2.05) is 13.8 Å². The van der Waals surface area contributed by atoms with Crippen molar-refractivity contribution in [2.75, 3.05) is 18.4 Å². The minimum Gasteiger partial charge on any atom is -0.444 e. The third-order valence-corrected chi connectivity index (χ3v) is 3.40. The van der Waals surface area contributed by atoms with Crippen molar-refractivity contribution in [2.45, 2.75) is 47.1 Å². The lowest BCUT2D eigenvalue weighted by Crippen LogP contribution is -2.35. The normalized spacial score (nSPS) is 10.8. The number of anilines is 1. The first kappa shape index (κ1) is 23.0. The molecule has 2 aromatic rings. The van der Waals surface area contributed by atoms with Crippen LogP contribution in [0.25, 0.3) is 10.9 Å². The van der Waals surface area contributed by atoms with E-state index in [1.165, 1.54) is 0 Å². The summed E-state index contributed by atoms with van der Waals surface area (Å²) < 4.78 is 19.4. The predicted molar refractivity (Wildman–Crippen MR) is 109 cm³/mol. The molecule has 0 aliphatic carbocycles. The molecule has 1 aromatic carbocycles. The van der Waals surface area contributed by atoms with Gasteiger partial charge in [-0.1, -0.05) is 24.9 Å². The van der Waals surface area contributed by atoms with Crippen LogP contribution in [0.2, 0.25) is 5.28 Å². The summed E-state index contributed by atoms with van der Waals surface area (Å²) in [6, 6.07) is 1.69. The van der Waals surface area contributed by atoms with Gasteiger partial charge in [0.1, 0.15) is 30.6 Å². The molecule has 146 valence electrons. The Hall–Kier alpha value is -2.09. The largest absolute Gasteiger partial charge is 0.444 e. The van der Waals surface area contributed by atoms with Crippen molar-refractivity contribution in [2.24, 2.45) is 0 Å². The molecule has 2 rings (SSSR count). The summed E-state index contributed by atoms with van der Waals surface area (Å²) in [7, 11) is 5.69. The highest BCUT2D eigenvalue weighted by Crippen LogP contribution is 2.24. The minimum atomic E-state index is -0.630. The molecule has 0 saturated carbocycles. The van der Waals surface area contributed by atoms with Gasteiger partial charge in [0.25, 0.3) is 0 Å². The van der Waals surface area contributed by atoms with E-state index in [0.29, 0.717) is 23.3 Å². The van der Waals surface area contributed by atoms with Gasteiger partial charge in [-0.2, -0.15) is 0 Å². The van der Waals surface area contributed by atoms with Crippen LogP contribution in [0.1, 0.15) is 40.2 Å². The fourth-order valence-electron chi connectivity index (χ4n) is 2.14. The number of fused-ring (bicyclic) bond motifs is 1. The van der Waals surface area contributed by atoms with Crippen LogP contribution >= 0.6 is 11.6 Å². The SMILES string of the molecule is CC.[B]c1c(C)cc2c(NCCNC(=O)OC(C)(C)C)nc(Cl)nc2c1F. The van der Waals surface area contributed by atoms with Gasteiger partial charge in [0, 0.05) is 18.5 Å². The maximum atomic E-state index is 14.3. The van der Waals surface area contributed by atoms with E-state index >= 15 is 0 Å². The Morgan fingerprint density at radius 2 is 1.93 bits per heavy atom. The average Bonchev–Trinajstić information content (AvgIpc) is 2.58. The number of hydrogen-bond acceptors (Lipinski definition) is 5. The lowest BCUT2D eigenvalue weighted by molar-refractivity contribution is 0.0530. The molecule has 0 saturated heterocycles. The highest BCUT2D eigenvalue weighted by atomic mass is 35.5. The molecule has 0 unspecified atom stereocenters. The van der Waals surface area contributed by atoms with E-state index in [4.69, 9.17) is 24.2 Å². The first-order valence-electron chi connectivity index (χ1n) is 8.71. The Labute approximate surface area is 165 Å². The molecule has 27 heavy (non-hydrogen) atoms. The second-order valence-corrected chi connectivity index (χ2v) is 6.85. The Balaban J connectivity index is 0.00000176. The summed E-state index contributed by atoms with van der Waals surface area (Å²) in [6.07, 6.45) is -0.519. The van der Waals surface area contributed by atoms with Crippen molar-refractivity contribution in [3.63, 3.8) is 0 Å². The maximum Gasteiger partial charge on any atom is 0.407 e. The van der Waals surface area contributed by atoms with Crippen molar-refractivity contribution in [3.05, 3.63) is 22.7 Å². The lowest BCUT2D eigenvalue weighted by atomic mass is 9.89. The van der Waals surface area contributed by atoms with Crippen molar-refractivity contribution in [3.8, 4) is 0 Å². The molecular formula is C18H25BClFN4O2. The van der Waals surface area contributed by atoms with Gasteiger partial charge in [0.05, 0.1) is 0 Å². The summed E-state index contributed by atoms with van der Waals surface area (Å²) in [5.74, 6) is -0.266. The quantitative estimate of drug-likeness (QED) is 0.472. The number of carbonyl (C=O) groups is 1. The number of hydrogen-bond donors (Lipinski definition) is 2. The number of rotatable bonds is 4. The number of benzene rings is 1. The summed E-state index contributed by atoms with van der Waals surface area (Å²) in [4.78, 5) is 19.6. The Kier molecular flexibility index (Phi) is 8.28. The number of aryl methyl sites for hydroxylation is 1. The molecule has 0 atom stereocenters. The van der Waals surface area contributed by atoms with E-state index in [0.717, 1.165) is 0 Å². The van der Waals surface area contributed by atoms with Gasteiger partial charge in [-0.15, -0.1) is 0 Å². The summed E-state index contributed by atoms with van der Waals surface area (Å²) in [5.41, 5.74) is 0.0828. The summed E-state index contributed by atoms with van der Waals surface area (Å²) >= 11 is 5.86. The molecule has 0 fully saturated rings. The molecule has 1 heterocycles. The number of nitrogens with one attached hydrogen (secondary N) is 2. The number of nitrogens with zero attached hydrogens (tertiary/aromatic N) is 2. The molecular weight excluding hydrogens is 369 g/mol. The second-order valence-electron chi connectivity index (χ2n) is 6.51. The molecule has 1 aromatic heterocycles. The van der Waals surface area contributed by atoms with Gasteiger partial charge in [0.2, 0.25) is 5.28 Å². The highest BCUT2D eigenvalue weighted by Gasteiger charge is 2.16. The monoisotopic (exact) mass is 394 g/mol. The third-order valence-electron chi connectivity index (χ3n) is 3.23. The van der Waals surface area contributed by atoms with E-state index in [2.05, 4.69) is 20.6 Å². The van der Waals surface area contributed by atoms with Crippen LogP contribution in [-0.4, -0.2) is 42.6 Å². The van der Waals surface area contributed by atoms with Gasteiger partial charge in [-0.3, -0.25) is 0 Å². The van der Waals surface area contributed by atoms with Crippen LogP contribution in [0, 0.1) is 12.7 Å². The number of carbonyl (C=O) groups excluding carboxylic acids is 1. The van der Waals surface area contributed by atoms with Gasteiger partial charge in [0.15, 0.2) is 0 Å². The standard InChI is InChI=1S/C16H19BClFN4O2.C2H6/c1-8-7-9-12(11(19)10(8)17)22-14(18)23-13(9)20-5-6-21-15(24)25-16(2,3)4;1-2/h7H,5-6H2,1-4H3,(H,21,24)(H,20,22,23);1-2H3. The fourth-order valence-corrected chi connectivity index (χ4v) is 2.30. The number of alkyl carbamates (subject to hydrolysis) is 1. The van der Waals surface area contributed by atoms with Crippen LogP contribution in [0.15, 0.2) is 6.07 Å². The van der Waals surface area contributed by atoms with Gasteiger partial charge in [-0.25, -0.2) is 19.2 Å². The molecule has 1 amide bonds. The molecule has 0 aliphatic heterocycles. The lowest BCUT2D eigenvalue weighted by Gasteiger charge is -2.19. The highest BCUT2D eigenvalue weighted by molar-refractivity contribution is 6.34. The first-order valence-corrected chi connectivity index (χ1v) is 9.09. The summed E-state index contributed by atoms with van der Waals surface area (Å²) in [5, 5.41) is 5.98. The van der Waals surface area contributed by atoms with E-state index < -0.39 is 17.5 Å².